The van der Waals surface area contributed by atoms with E-state index in [0.29, 0.717) is 61.0 Å². The predicted octanol–water partition coefficient (Wildman–Crippen LogP) is -0.144. The first-order valence-corrected chi connectivity index (χ1v) is 19.0. The van der Waals surface area contributed by atoms with Gasteiger partial charge < -0.3 is 44.1 Å². The Morgan fingerprint density at radius 3 is 1.17 bits per heavy atom. The van der Waals surface area contributed by atoms with E-state index in [1.165, 1.54) is 9.80 Å². The summed E-state index contributed by atoms with van der Waals surface area (Å²) in [4.78, 5) is 30.1. The Morgan fingerprint density at radius 2 is 0.896 bits per heavy atom. The molecular weight excluding hydrogens is 737 g/mol. The quantitative estimate of drug-likeness (QED) is 0.0753. The smallest absolute Gasteiger partial charge is 0.171 e. The van der Waals surface area contributed by atoms with Gasteiger partial charge in [-0.2, -0.15) is 0 Å². The molecule has 2 aromatic rings. The van der Waals surface area contributed by atoms with Gasteiger partial charge in [-0.3, -0.25) is 9.59 Å². The lowest BCUT2D eigenvalue weighted by Crippen LogP contribution is -3.13. The standard InChI is InChI=1S/C36H52Cl4N2O4.2ClH/c1-3-25-45-33-13-9-29(10-14-33)35(43)31(27-41(21-17-37)22-18-38)7-5-6-8-32(28-42(23-19-39)24-20-40)36(44)30-11-15-34(16-12-30)46-26-4-2;;/h9-16,31-32H,3-8,17-28H2,1-2H3;2*1H. The summed E-state index contributed by atoms with van der Waals surface area (Å²) < 4.78 is 11.4. The minimum atomic E-state index is -0.178. The summed E-state index contributed by atoms with van der Waals surface area (Å²) in [6.45, 7) is 9.76. The molecule has 0 fully saturated rings. The van der Waals surface area contributed by atoms with Crippen molar-refractivity contribution >= 4 is 58.0 Å². The molecule has 48 heavy (non-hydrogen) atoms. The molecule has 2 aromatic carbocycles. The number of rotatable bonds is 27. The molecule has 0 aliphatic rings. The minimum Gasteiger partial charge on any atom is -1.00 e. The molecule has 0 spiro atoms. The van der Waals surface area contributed by atoms with Gasteiger partial charge in [0.25, 0.3) is 0 Å². The van der Waals surface area contributed by atoms with Crippen molar-refractivity contribution in [3.05, 3.63) is 59.7 Å². The third kappa shape index (κ3) is 17.8. The van der Waals surface area contributed by atoms with E-state index in [2.05, 4.69) is 13.8 Å². The van der Waals surface area contributed by atoms with Gasteiger partial charge in [0.15, 0.2) is 11.6 Å². The van der Waals surface area contributed by atoms with Gasteiger partial charge in [-0.25, -0.2) is 0 Å². The number of ether oxygens (including phenoxy) is 2. The Hall–Kier alpha value is -0.960. The highest BCUT2D eigenvalue weighted by Crippen LogP contribution is 2.22. The van der Waals surface area contributed by atoms with E-state index in [9.17, 15) is 9.59 Å². The monoisotopic (exact) mass is 788 g/mol. The molecule has 0 amide bonds. The van der Waals surface area contributed by atoms with Crippen molar-refractivity contribution in [2.75, 3.05) is 76.0 Å². The molecule has 0 bridgehead atoms. The molecule has 2 N–H and O–H groups in total. The molecule has 274 valence electrons. The molecule has 2 rings (SSSR count). The number of ketones is 2. The van der Waals surface area contributed by atoms with E-state index in [0.717, 1.165) is 76.2 Å². The number of nitrogens with one attached hydrogen (secondary N) is 2. The van der Waals surface area contributed by atoms with Crippen LogP contribution in [0.4, 0.5) is 0 Å². The van der Waals surface area contributed by atoms with E-state index in [1.807, 2.05) is 48.5 Å². The van der Waals surface area contributed by atoms with Crippen LogP contribution in [-0.2, 0) is 0 Å². The highest BCUT2D eigenvalue weighted by atomic mass is 35.5. The van der Waals surface area contributed by atoms with Gasteiger partial charge in [0, 0.05) is 11.1 Å². The third-order valence-corrected chi connectivity index (χ3v) is 8.94. The minimum absolute atomic E-state index is 0. The molecular formula is C36H54Cl6N2O4. The van der Waals surface area contributed by atoms with Gasteiger partial charge >= 0.3 is 0 Å². The van der Waals surface area contributed by atoms with E-state index in [4.69, 9.17) is 55.9 Å². The van der Waals surface area contributed by atoms with Crippen LogP contribution in [0.2, 0.25) is 0 Å². The second-order valence-electron chi connectivity index (χ2n) is 11.8. The fourth-order valence-corrected chi connectivity index (χ4v) is 6.73. The van der Waals surface area contributed by atoms with Crippen LogP contribution in [0.15, 0.2) is 48.5 Å². The van der Waals surface area contributed by atoms with Gasteiger partial charge in [-0.15, -0.1) is 46.4 Å². The van der Waals surface area contributed by atoms with Gasteiger partial charge in [0.05, 0.1) is 87.8 Å². The first-order valence-electron chi connectivity index (χ1n) is 16.9. The van der Waals surface area contributed by atoms with Crippen LogP contribution in [0.1, 0.15) is 73.1 Å². The third-order valence-electron chi connectivity index (χ3n) is 8.18. The molecule has 0 aliphatic carbocycles. The summed E-state index contributed by atoms with van der Waals surface area (Å²) in [5, 5.41) is 0. The number of hydrogen-bond donors (Lipinski definition) is 2. The lowest BCUT2D eigenvalue weighted by atomic mass is 9.88. The lowest BCUT2D eigenvalue weighted by Gasteiger charge is -2.25. The largest absolute Gasteiger partial charge is 1.00 e. The normalized spacial score (nSPS) is 12.2. The summed E-state index contributed by atoms with van der Waals surface area (Å²) in [7, 11) is 0. The first-order chi connectivity index (χ1) is 22.4. The number of benzene rings is 2. The van der Waals surface area contributed by atoms with Crippen molar-refractivity contribution in [3.63, 3.8) is 0 Å². The summed E-state index contributed by atoms with van der Waals surface area (Å²) >= 11 is 24.4. The lowest BCUT2D eigenvalue weighted by molar-refractivity contribution is -0.897. The number of alkyl halides is 4. The van der Waals surface area contributed by atoms with Crippen LogP contribution in [0.25, 0.3) is 0 Å². The van der Waals surface area contributed by atoms with E-state index in [1.54, 1.807) is 0 Å². The Morgan fingerprint density at radius 1 is 0.583 bits per heavy atom. The van der Waals surface area contributed by atoms with Crippen molar-refractivity contribution in [2.45, 2.75) is 52.4 Å². The molecule has 2 atom stereocenters. The van der Waals surface area contributed by atoms with Gasteiger partial charge in [-0.05, 0) is 74.2 Å². The maximum absolute atomic E-state index is 13.8. The van der Waals surface area contributed by atoms with Gasteiger partial charge in [-0.1, -0.05) is 26.7 Å². The molecule has 0 saturated heterocycles. The van der Waals surface area contributed by atoms with Gasteiger partial charge in [0.1, 0.15) is 11.5 Å². The van der Waals surface area contributed by atoms with E-state index < -0.39 is 0 Å². The number of hydrogen-bond acceptors (Lipinski definition) is 4. The Balaban J connectivity index is 0.0000110. The Kier molecular flexibility index (Phi) is 28.1. The summed E-state index contributed by atoms with van der Waals surface area (Å²) in [5.41, 5.74) is 1.37. The zero-order chi connectivity index (χ0) is 33.6. The zero-order valence-electron chi connectivity index (χ0n) is 28.4. The van der Waals surface area contributed by atoms with Crippen molar-refractivity contribution < 1.29 is 53.7 Å². The number of halogens is 6. The molecule has 2 unspecified atom stereocenters. The average Bonchev–Trinajstić information content (AvgIpc) is 3.07. The summed E-state index contributed by atoms with van der Waals surface area (Å²) in [6, 6.07) is 14.9. The SMILES string of the molecule is CCCOc1ccc(C(=O)C(CCCCC(C[NH+](CCCl)CCCl)C(=O)c2ccc(OCCC)cc2)C[NH+](CCCl)CCCl)cc1.[Cl-].[Cl-]. The van der Waals surface area contributed by atoms with Crippen molar-refractivity contribution in [1.29, 1.82) is 0 Å². The van der Waals surface area contributed by atoms with Crippen LogP contribution in [0, 0.1) is 11.8 Å². The number of quaternary nitrogens is 2. The average molecular weight is 792 g/mol. The number of unbranched alkanes of at least 4 members (excludes halogenated alkanes) is 1. The molecule has 0 saturated carbocycles. The Labute approximate surface area is 321 Å². The highest BCUT2D eigenvalue weighted by Gasteiger charge is 2.28. The second-order valence-corrected chi connectivity index (χ2v) is 13.3. The molecule has 0 heterocycles. The number of carbonyl (C=O) groups is 2. The predicted molar refractivity (Wildman–Crippen MR) is 193 cm³/mol. The van der Waals surface area contributed by atoms with Crippen molar-refractivity contribution in [1.82, 2.24) is 0 Å². The number of Topliss-reactive ketones (excluding diaryl/α,β-unsaturated/α-hetero) is 2. The highest BCUT2D eigenvalue weighted by molar-refractivity contribution is 6.18. The maximum atomic E-state index is 13.8. The molecule has 6 nitrogen and oxygen atoms in total. The van der Waals surface area contributed by atoms with E-state index in [-0.39, 0.29) is 48.2 Å². The van der Waals surface area contributed by atoms with Crippen LogP contribution >= 0.6 is 46.4 Å². The first kappa shape index (κ1) is 47.0. The summed E-state index contributed by atoms with van der Waals surface area (Å²) in [5.74, 6) is 3.47. The fraction of sp³-hybridized carbons (Fsp3) is 0.611. The van der Waals surface area contributed by atoms with Gasteiger partial charge in [0.2, 0.25) is 0 Å². The van der Waals surface area contributed by atoms with Crippen LogP contribution < -0.4 is 44.1 Å². The van der Waals surface area contributed by atoms with Crippen LogP contribution in [-0.4, -0.2) is 87.6 Å². The molecule has 0 radical (unpaired) electrons. The Bertz CT molecular complexity index is 1010. The van der Waals surface area contributed by atoms with E-state index >= 15 is 0 Å². The van der Waals surface area contributed by atoms with Crippen molar-refractivity contribution in [2.24, 2.45) is 11.8 Å². The summed E-state index contributed by atoms with van der Waals surface area (Å²) in [6.07, 6.45) is 4.97. The van der Waals surface area contributed by atoms with Crippen molar-refractivity contribution in [3.8, 4) is 11.5 Å². The van der Waals surface area contributed by atoms with Crippen LogP contribution in [0.5, 0.6) is 11.5 Å². The molecule has 12 heteroatoms. The van der Waals surface area contributed by atoms with Crippen LogP contribution in [0.3, 0.4) is 0 Å². The molecule has 0 aromatic heterocycles. The fourth-order valence-electron chi connectivity index (χ4n) is 5.66. The topological polar surface area (TPSA) is 61.5 Å². The zero-order valence-corrected chi connectivity index (χ0v) is 32.9. The molecule has 0 aliphatic heterocycles. The number of carbonyl (C=O) groups excluding carboxylic acids is 2. The maximum Gasteiger partial charge on any atom is 0.171 e. The second kappa shape index (κ2) is 28.7.